The van der Waals surface area contributed by atoms with Gasteiger partial charge in [0.05, 0.1) is 5.41 Å². The maximum Gasteiger partial charge on any atom is 0.314 e. The Morgan fingerprint density at radius 3 is 2.42 bits per heavy atom. The van der Waals surface area contributed by atoms with Crippen LogP contribution in [0.4, 0.5) is 0 Å². The van der Waals surface area contributed by atoms with E-state index in [0.717, 1.165) is 43.2 Å². The molecule has 1 aromatic rings. The second-order valence-corrected chi connectivity index (χ2v) is 5.90. The van der Waals surface area contributed by atoms with Crippen molar-refractivity contribution in [1.29, 1.82) is 0 Å². The molecule has 0 aromatic heterocycles. The SMILES string of the molecule is O=C(O)C1(c2c(O)ccc3c2CCCCC3)CCC1. The summed E-state index contributed by atoms with van der Waals surface area (Å²) in [5.74, 6) is -0.588. The quantitative estimate of drug-likeness (QED) is 0.803. The number of phenolic OH excluding ortho intramolecular Hbond substituents is 1. The highest BCUT2D eigenvalue weighted by Crippen LogP contribution is 2.49. The van der Waals surface area contributed by atoms with Gasteiger partial charge in [-0.2, -0.15) is 0 Å². The van der Waals surface area contributed by atoms with Gasteiger partial charge in [0.2, 0.25) is 0 Å². The van der Waals surface area contributed by atoms with Crippen molar-refractivity contribution in [3.63, 3.8) is 0 Å². The van der Waals surface area contributed by atoms with Gasteiger partial charge >= 0.3 is 5.97 Å². The van der Waals surface area contributed by atoms with Crippen molar-refractivity contribution in [1.82, 2.24) is 0 Å². The van der Waals surface area contributed by atoms with Crippen molar-refractivity contribution in [2.75, 3.05) is 0 Å². The van der Waals surface area contributed by atoms with Gasteiger partial charge in [-0.15, -0.1) is 0 Å². The zero-order valence-corrected chi connectivity index (χ0v) is 11.1. The van der Waals surface area contributed by atoms with Gasteiger partial charge < -0.3 is 10.2 Å². The molecule has 0 heterocycles. The number of carboxylic acids is 1. The average Bonchev–Trinajstić information content (AvgIpc) is 2.55. The van der Waals surface area contributed by atoms with E-state index in [-0.39, 0.29) is 5.75 Å². The second-order valence-electron chi connectivity index (χ2n) is 5.90. The topological polar surface area (TPSA) is 57.5 Å². The second kappa shape index (κ2) is 4.55. The van der Waals surface area contributed by atoms with Gasteiger partial charge in [-0.3, -0.25) is 4.79 Å². The Bertz CT molecular complexity index is 515. The van der Waals surface area contributed by atoms with E-state index in [1.54, 1.807) is 6.07 Å². The lowest BCUT2D eigenvalue weighted by Gasteiger charge is -2.40. The molecule has 2 aliphatic carbocycles. The Labute approximate surface area is 113 Å². The minimum absolute atomic E-state index is 0.183. The monoisotopic (exact) mass is 260 g/mol. The molecule has 1 saturated carbocycles. The highest BCUT2D eigenvalue weighted by molar-refractivity contribution is 5.84. The number of rotatable bonds is 2. The third-order valence-electron chi connectivity index (χ3n) is 4.86. The molecule has 2 aliphatic rings. The number of aromatic hydroxyl groups is 1. The first kappa shape index (κ1) is 12.5. The van der Waals surface area contributed by atoms with Gasteiger partial charge in [-0.05, 0) is 55.7 Å². The van der Waals surface area contributed by atoms with Gasteiger partial charge in [0, 0.05) is 5.56 Å². The fourth-order valence-corrected chi connectivity index (χ4v) is 3.63. The molecule has 0 saturated heterocycles. The number of carboxylic acid groups (broad SMARTS) is 1. The largest absolute Gasteiger partial charge is 0.508 e. The highest BCUT2D eigenvalue weighted by atomic mass is 16.4. The summed E-state index contributed by atoms with van der Waals surface area (Å²) in [4.78, 5) is 11.7. The molecule has 0 aliphatic heterocycles. The number of hydrogen-bond donors (Lipinski definition) is 2. The summed E-state index contributed by atoms with van der Waals surface area (Å²) in [6.07, 6.45) is 7.63. The Morgan fingerprint density at radius 1 is 1.05 bits per heavy atom. The normalized spacial score (nSPS) is 21.1. The molecule has 3 rings (SSSR count). The third-order valence-corrected chi connectivity index (χ3v) is 4.86. The molecule has 102 valence electrons. The Morgan fingerprint density at radius 2 is 1.79 bits per heavy atom. The van der Waals surface area contributed by atoms with Crippen LogP contribution in [-0.2, 0) is 23.1 Å². The van der Waals surface area contributed by atoms with Crippen molar-refractivity contribution < 1.29 is 15.0 Å². The fourth-order valence-electron chi connectivity index (χ4n) is 3.63. The van der Waals surface area contributed by atoms with E-state index >= 15 is 0 Å². The van der Waals surface area contributed by atoms with Gasteiger partial charge in [-0.1, -0.05) is 18.9 Å². The first-order valence-corrected chi connectivity index (χ1v) is 7.23. The van der Waals surface area contributed by atoms with E-state index < -0.39 is 11.4 Å². The van der Waals surface area contributed by atoms with Crippen molar-refractivity contribution in [2.45, 2.75) is 56.8 Å². The maximum absolute atomic E-state index is 11.7. The van der Waals surface area contributed by atoms with Crippen LogP contribution in [0.1, 0.15) is 55.2 Å². The number of hydrogen-bond acceptors (Lipinski definition) is 2. The van der Waals surface area contributed by atoms with E-state index in [1.165, 1.54) is 12.0 Å². The molecule has 0 spiro atoms. The molecule has 3 heteroatoms. The molecule has 1 aromatic carbocycles. The average molecular weight is 260 g/mol. The van der Waals surface area contributed by atoms with Crippen LogP contribution < -0.4 is 0 Å². The lowest BCUT2D eigenvalue weighted by molar-refractivity contribution is -0.147. The van der Waals surface area contributed by atoms with Crippen LogP contribution in [0.25, 0.3) is 0 Å². The molecule has 2 N–H and O–H groups in total. The van der Waals surface area contributed by atoms with Gasteiger partial charge in [0.15, 0.2) is 0 Å². The molecule has 0 atom stereocenters. The van der Waals surface area contributed by atoms with Crippen molar-refractivity contribution in [2.24, 2.45) is 0 Å². The predicted octanol–water partition coefficient (Wildman–Crippen LogP) is 3.17. The zero-order valence-electron chi connectivity index (χ0n) is 11.1. The van der Waals surface area contributed by atoms with Crippen molar-refractivity contribution >= 4 is 5.97 Å². The molecule has 3 nitrogen and oxygen atoms in total. The van der Waals surface area contributed by atoms with Crippen LogP contribution >= 0.6 is 0 Å². The lowest BCUT2D eigenvalue weighted by Crippen LogP contribution is -2.43. The lowest BCUT2D eigenvalue weighted by atomic mass is 9.62. The minimum Gasteiger partial charge on any atom is -0.508 e. The fraction of sp³-hybridized carbons (Fsp3) is 0.562. The Hall–Kier alpha value is -1.51. The first-order valence-electron chi connectivity index (χ1n) is 7.23. The Kier molecular flexibility index (Phi) is 3.00. The van der Waals surface area contributed by atoms with Gasteiger partial charge in [0.1, 0.15) is 5.75 Å². The number of fused-ring (bicyclic) bond motifs is 1. The first-order chi connectivity index (χ1) is 9.15. The molecule has 0 radical (unpaired) electrons. The number of benzene rings is 1. The van der Waals surface area contributed by atoms with E-state index in [9.17, 15) is 15.0 Å². The predicted molar refractivity (Wildman–Crippen MR) is 72.5 cm³/mol. The smallest absolute Gasteiger partial charge is 0.314 e. The number of aliphatic carboxylic acids is 1. The summed E-state index contributed by atoms with van der Waals surface area (Å²) in [7, 11) is 0. The summed E-state index contributed by atoms with van der Waals surface area (Å²) >= 11 is 0. The zero-order chi connectivity index (χ0) is 13.5. The number of phenols is 1. The summed E-state index contributed by atoms with van der Waals surface area (Å²) in [5, 5.41) is 19.9. The van der Waals surface area contributed by atoms with Crippen LogP contribution in [0.3, 0.4) is 0 Å². The van der Waals surface area contributed by atoms with Crippen molar-refractivity contribution in [3.05, 3.63) is 28.8 Å². The summed E-state index contributed by atoms with van der Waals surface area (Å²) in [6.45, 7) is 0. The van der Waals surface area contributed by atoms with Crippen LogP contribution in [0.15, 0.2) is 12.1 Å². The molecule has 0 unspecified atom stereocenters. The number of carbonyl (C=O) groups is 1. The van der Waals surface area contributed by atoms with E-state index in [4.69, 9.17) is 0 Å². The molecule has 19 heavy (non-hydrogen) atoms. The summed E-state index contributed by atoms with van der Waals surface area (Å²) in [6, 6.07) is 3.68. The Balaban J connectivity index is 2.17. The van der Waals surface area contributed by atoms with E-state index in [2.05, 4.69) is 0 Å². The molecule has 0 amide bonds. The van der Waals surface area contributed by atoms with Crippen molar-refractivity contribution in [3.8, 4) is 5.75 Å². The highest BCUT2D eigenvalue weighted by Gasteiger charge is 2.49. The van der Waals surface area contributed by atoms with Gasteiger partial charge in [-0.25, -0.2) is 0 Å². The molecule has 0 bridgehead atoms. The van der Waals surface area contributed by atoms with Crippen LogP contribution in [0.5, 0.6) is 5.75 Å². The summed E-state index contributed by atoms with van der Waals surface area (Å²) in [5.41, 5.74) is 2.28. The minimum atomic E-state index is -0.820. The number of aryl methyl sites for hydroxylation is 1. The van der Waals surface area contributed by atoms with Crippen LogP contribution in [0.2, 0.25) is 0 Å². The molecular formula is C16H20O3. The van der Waals surface area contributed by atoms with Gasteiger partial charge in [0.25, 0.3) is 0 Å². The van der Waals surface area contributed by atoms with E-state index in [1.807, 2.05) is 6.07 Å². The third kappa shape index (κ3) is 1.83. The van der Waals surface area contributed by atoms with Crippen LogP contribution in [-0.4, -0.2) is 16.2 Å². The van der Waals surface area contributed by atoms with Crippen LogP contribution in [0, 0.1) is 0 Å². The van der Waals surface area contributed by atoms with E-state index in [0.29, 0.717) is 12.8 Å². The molecule has 1 fully saturated rings. The molecular weight excluding hydrogens is 240 g/mol. The maximum atomic E-state index is 11.7. The standard InChI is InChI=1S/C16H20O3/c17-13-8-7-11-5-2-1-3-6-12(11)14(13)16(15(18)19)9-4-10-16/h7-8,17H,1-6,9-10H2,(H,18,19). The summed E-state index contributed by atoms with van der Waals surface area (Å²) < 4.78 is 0.